The molecule has 0 heterocycles. The third kappa shape index (κ3) is 13.1. The van der Waals surface area contributed by atoms with Crippen molar-refractivity contribution in [3.63, 3.8) is 0 Å². The Kier molecular flexibility index (Phi) is 11.1. The molecule has 0 aromatic rings. The summed E-state index contributed by atoms with van der Waals surface area (Å²) >= 11 is 0. The van der Waals surface area contributed by atoms with Gasteiger partial charge in [0.15, 0.2) is 0 Å². The highest BCUT2D eigenvalue weighted by Gasteiger charge is 2.03. The molecule has 0 aliphatic rings. The lowest BCUT2D eigenvalue weighted by Crippen LogP contribution is -2.10. The van der Waals surface area contributed by atoms with Gasteiger partial charge in [-0.1, -0.05) is 31.9 Å². The summed E-state index contributed by atoms with van der Waals surface area (Å²) in [4.78, 5) is 11.2. The lowest BCUT2D eigenvalue weighted by atomic mass is 10.1. The van der Waals surface area contributed by atoms with Crippen LogP contribution >= 0.6 is 0 Å². The highest BCUT2D eigenvalue weighted by atomic mass is 16.5. The van der Waals surface area contributed by atoms with Crippen molar-refractivity contribution in [3.8, 4) is 0 Å². The molecule has 100 valence electrons. The monoisotopic (exact) mass is 240 g/mol. The zero-order chi connectivity index (χ0) is 12.9. The van der Waals surface area contributed by atoms with Gasteiger partial charge >= 0.3 is 5.97 Å². The first kappa shape index (κ1) is 16.2. The third-order valence-corrected chi connectivity index (χ3v) is 2.51. The summed E-state index contributed by atoms with van der Waals surface area (Å²) in [6.07, 6.45) is 13.3. The average molecular weight is 240 g/mol. The maximum Gasteiger partial charge on any atom is 0.306 e. The highest BCUT2D eigenvalue weighted by Crippen LogP contribution is 2.05. The summed E-state index contributed by atoms with van der Waals surface area (Å²) in [6, 6.07) is 0. The van der Waals surface area contributed by atoms with E-state index in [0.717, 1.165) is 19.3 Å². The Morgan fingerprint density at radius 3 is 2.18 bits per heavy atom. The fraction of sp³-hybridized carbons (Fsp3) is 0.800. The van der Waals surface area contributed by atoms with Gasteiger partial charge in [-0.3, -0.25) is 4.79 Å². The summed E-state index contributed by atoms with van der Waals surface area (Å²) in [5.74, 6) is -0.0630. The van der Waals surface area contributed by atoms with Gasteiger partial charge in [0.25, 0.3) is 0 Å². The van der Waals surface area contributed by atoms with Gasteiger partial charge in [0, 0.05) is 6.42 Å². The number of ether oxygens (including phenoxy) is 1. The molecule has 0 aliphatic carbocycles. The zero-order valence-electron chi connectivity index (χ0n) is 11.7. The fourth-order valence-corrected chi connectivity index (χ4v) is 1.60. The second-order valence-electron chi connectivity index (χ2n) is 4.75. The molecule has 0 aromatic carbocycles. The Labute approximate surface area is 106 Å². The lowest BCUT2D eigenvalue weighted by molar-refractivity contribution is -0.147. The Morgan fingerprint density at radius 2 is 1.65 bits per heavy atom. The molecule has 0 amide bonds. The molecule has 0 unspecified atom stereocenters. The van der Waals surface area contributed by atoms with Gasteiger partial charge in [-0.2, -0.15) is 0 Å². The first-order valence-corrected chi connectivity index (χ1v) is 7.01. The lowest BCUT2D eigenvalue weighted by Gasteiger charge is -2.06. The molecule has 0 bridgehead atoms. The molecular formula is C15H28O2. The van der Waals surface area contributed by atoms with Crippen LogP contribution in [-0.4, -0.2) is 12.1 Å². The molecule has 2 heteroatoms. The maximum absolute atomic E-state index is 11.2. The summed E-state index contributed by atoms with van der Waals surface area (Å²) < 4.78 is 5.07. The van der Waals surface area contributed by atoms with Gasteiger partial charge in [0.2, 0.25) is 0 Å². The van der Waals surface area contributed by atoms with Crippen molar-refractivity contribution in [3.05, 3.63) is 12.2 Å². The van der Waals surface area contributed by atoms with Gasteiger partial charge in [0.05, 0.1) is 6.10 Å². The minimum Gasteiger partial charge on any atom is -0.463 e. The second kappa shape index (κ2) is 11.7. The molecule has 0 fully saturated rings. The SMILES string of the molecule is CCCCC/C=C\CCCCC(=O)OC(C)C. The predicted molar refractivity (Wildman–Crippen MR) is 73.0 cm³/mol. The molecule has 0 rings (SSSR count). The first-order valence-electron chi connectivity index (χ1n) is 7.01. The van der Waals surface area contributed by atoms with Crippen LogP contribution in [0.3, 0.4) is 0 Å². The van der Waals surface area contributed by atoms with Gasteiger partial charge in [-0.25, -0.2) is 0 Å². The highest BCUT2D eigenvalue weighted by molar-refractivity contribution is 5.69. The van der Waals surface area contributed by atoms with Crippen LogP contribution in [0.15, 0.2) is 12.2 Å². The van der Waals surface area contributed by atoms with Gasteiger partial charge < -0.3 is 4.74 Å². The Bertz CT molecular complexity index is 207. The number of carbonyl (C=O) groups excluding carboxylic acids is 1. The summed E-state index contributed by atoms with van der Waals surface area (Å²) in [7, 11) is 0. The zero-order valence-corrected chi connectivity index (χ0v) is 11.7. The van der Waals surface area contributed by atoms with Crippen molar-refractivity contribution in [2.75, 3.05) is 0 Å². The minimum atomic E-state index is -0.0630. The topological polar surface area (TPSA) is 26.3 Å². The molecular weight excluding hydrogens is 212 g/mol. The van der Waals surface area contributed by atoms with E-state index in [0.29, 0.717) is 6.42 Å². The van der Waals surface area contributed by atoms with Crippen molar-refractivity contribution in [1.29, 1.82) is 0 Å². The largest absolute Gasteiger partial charge is 0.463 e. The van der Waals surface area contributed by atoms with Gasteiger partial charge in [-0.05, 0) is 46.0 Å². The summed E-state index contributed by atoms with van der Waals surface area (Å²) in [5, 5.41) is 0. The first-order chi connectivity index (χ1) is 8.16. The number of carbonyl (C=O) groups is 1. The van der Waals surface area contributed by atoms with Crippen LogP contribution in [0.2, 0.25) is 0 Å². The van der Waals surface area contributed by atoms with E-state index in [-0.39, 0.29) is 12.1 Å². The molecule has 0 atom stereocenters. The van der Waals surface area contributed by atoms with Crippen LogP contribution in [0.1, 0.15) is 72.1 Å². The fourth-order valence-electron chi connectivity index (χ4n) is 1.60. The summed E-state index contributed by atoms with van der Waals surface area (Å²) in [5.41, 5.74) is 0. The van der Waals surface area contributed by atoms with Crippen LogP contribution in [-0.2, 0) is 9.53 Å². The number of allylic oxidation sites excluding steroid dienone is 2. The van der Waals surface area contributed by atoms with Crippen LogP contribution < -0.4 is 0 Å². The van der Waals surface area contributed by atoms with Crippen LogP contribution in [0.25, 0.3) is 0 Å². The van der Waals surface area contributed by atoms with Gasteiger partial charge in [-0.15, -0.1) is 0 Å². The Balaban J connectivity index is 3.25. The Morgan fingerprint density at radius 1 is 1.06 bits per heavy atom. The Hall–Kier alpha value is -0.790. The number of rotatable bonds is 10. The smallest absolute Gasteiger partial charge is 0.306 e. The third-order valence-electron chi connectivity index (χ3n) is 2.51. The molecule has 17 heavy (non-hydrogen) atoms. The quantitative estimate of drug-likeness (QED) is 0.316. The molecule has 0 aliphatic heterocycles. The van der Waals surface area contributed by atoms with E-state index in [4.69, 9.17) is 4.74 Å². The molecule has 0 radical (unpaired) electrons. The van der Waals surface area contributed by atoms with Crippen molar-refractivity contribution < 1.29 is 9.53 Å². The van der Waals surface area contributed by atoms with Crippen molar-refractivity contribution >= 4 is 5.97 Å². The van der Waals surface area contributed by atoms with E-state index in [1.807, 2.05) is 13.8 Å². The predicted octanol–water partition coefficient (Wildman–Crippen LogP) is 4.63. The summed E-state index contributed by atoms with van der Waals surface area (Å²) in [6.45, 7) is 5.99. The number of hydrogen-bond donors (Lipinski definition) is 0. The molecule has 0 aromatic heterocycles. The van der Waals surface area contributed by atoms with Crippen LogP contribution in [0, 0.1) is 0 Å². The minimum absolute atomic E-state index is 0.0148. The van der Waals surface area contributed by atoms with Crippen LogP contribution in [0.5, 0.6) is 0 Å². The van der Waals surface area contributed by atoms with Crippen molar-refractivity contribution in [1.82, 2.24) is 0 Å². The molecule has 0 N–H and O–H groups in total. The normalized spacial score (nSPS) is 11.3. The standard InChI is InChI=1S/C15H28O2/c1-4-5-6-7-8-9-10-11-12-13-15(16)17-14(2)3/h8-9,14H,4-7,10-13H2,1-3H3/b9-8-. The molecule has 0 saturated carbocycles. The van der Waals surface area contributed by atoms with E-state index in [2.05, 4.69) is 19.1 Å². The van der Waals surface area contributed by atoms with E-state index < -0.39 is 0 Å². The second-order valence-corrected chi connectivity index (χ2v) is 4.75. The van der Waals surface area contributed by atoms with Crippen LogP contribution in [0.4, 0.5) is 0 Å². The van der Waals surface area contributed by atoms with Gasteiger partial charge in [0.1, 0.15) is 0 Å². The number of hydrogen-bond acceptors (Lipinski definition) is 2. The average Bonchev–Trinajstić information content (AvgIpc) is 2.26. The van der Waals surface area contributed by atoms with Crippen molar-refractivity contribution in [2.45, 2.75) is 78.2 Å². The number of esters is 1. The molecule has 2 nitrogen and oxygen atoms in total. The van der Waals surface area contributed by atoms with Crippen molar-refractivity contribution in [2.24, 2.45) is 0 Å². The van der Waals surface area contributed by atoms with E-state index in [1.54, 1.807) is 0 Å². The maximum atomic E-state index is 11.2. The van der Waals surface area contributed by atoms with E-state index >= 15 is 0 Å². The molecule has 0 spiro atoms. The molecule has 0 saturated heterocycles. The van der Waals surface area contributed by atoms with E-state index in [1.165, 1.54) is 25.7 Å². The van der Waals surface area contributed by atoms with E-state index in [9.17, 15) is 4.79 Å². The number of unbranched alkanes of at least 4 members (excludes halogenated alkanes) is 5.